The predicted molar refractivity (Wildman–Crippen MR) is 101 cm³/mol. The summed E-state index contributed by atoms with van der Waals surface area (Å²) >= 11 is 3.63. The molecule has 3 rings (SSSR count). The van der Waals surface area contributed by atoms with Crippen LogP contribution in [0.2, 0.25) is 0 Å². The standard InChI is InChI=1S/C17H17IN2O2S/c18-12-5-3-6-13(11-12)19-16(21)14-7-1-2-9-20(14)17(22)15-8-4-10-23-15/h3-6,8,10-11,14H,1-2,7,9H2,(H,19,21)/t14-/m0/s1. The zero-order valence-corrected chi connectivity index (χ0v) is 15.5. The summed E-state index contributed by atoms with van der Waals surface area (Å²) in [5.74, 6) is -0.140. The molecule has 0 spiro atoms. The summed E-state index contributed by atoms with van der Waals surface area (Å²) in [4.78, 5) is 27.7. The maximum Gasteiger partial charge on any atom is 0.264 e. The van der Waals surface area contributed by atoms with Gasteiger partial charge in [0.25, 0.3) is 5.91 Å². The van der Waals surface area contributed by atoms with Crippen LogP contribution in [0.25, 0.3) is 0 Å². The smallest absolute Gasteiger partial charge is 0.264 e. The van der Waals surface area contributed by atoms with Crippen molar-refractivity contribution in [2.75, 3.05) is 11.9 Å². The van der Waals surface area contributed by atoms with Crippen LogP contribution in [0, 0.1) is 3.57 Å². The van der Waals surface area contributed by atoms with Crippen LogP contribution in [0.3, 0.4) is 0 Å². The summed E-state index contributed by atoms with van der Waals surface area (Å²) in [6.07, 6.45) is 2.63. The van der Waals surface area contributed by atoms with Gasteiger partial charge in [-0.25, -0.2) is 0 Å². The Kier molecular flexibility index (Phi) is 5.32. The number of anilines is 1. The lowest BCUT2D eigenvalue weighted by Gasteiger charge is -2.34. The van der Waals surface area contributed by atoms with E-state index < -0.39 is 6.04 Å². The fourth-order valence-electron chi connectivity index (χ4n) is 2.78. The van der Waals surface area contributed by atoms with Gasteiger partial charge in [0, 0.05) is 15.8 Å². The Morgan fingerprint density at radius 3 is 2.83 bits per heavy atom. The molecule has 23 heavy (non-hydrogen) atoms. The molecule has 1 atom stereocenters. The van der Waals surface area contributed by atoms with Crippen molar-refractivity contribution < 1.29 is 9.59 Å². The number of rotatable bonds is 3. The second-order valence-electron chi connectivity index (χ2n) is 5.49. The molecule has 1 saturated heterocycles. The number of nitrogens with one attached hydrogen (secondary N) is 1. The Hall–Kier alpha value is -1.41. The minimum Gasteiger partial charge on any atom is -0.326 e. The molecule has 0 bridgehead atoms. The summed E-state index contributed by atoms with van der Waals surface area (Å²) in [5.41, 5.74) is 0.774. The first-order valence-electron chi connectivity index (χ1n) is 7.56. The molecule has 120 valence electrons. The molecule has 0 radical (unpaired) electrons. The fraction of sp³-hybridized carbons (Fsp3) is 0.294. The van der Waals surface area contributed by atoms with Gasteiger partial charge in [0.1, 0.15) is 6.04 Å². The topological polar surface area (TPSA) is 49.4 Å². The molecule has 2 heterocycles. The molecule has 2 aromatic rings. The van der Waals surface area contributed by atoms with Crippen LogP contribution in [-0.4, -0.2) is 29.3 Å². The molecule has 2 amide bonds. The quantitative estimate of drug-likeness (QED) is 0.735. The van der Waals surface area contributed by atoms with Gasteiger partial charge in [0.05, 0.1) is 4.88 Å². The molecule has 1 N–H and O–H groups in total. The minimum atomic E-state index is -0.392. The average Bonchev–Trinajstić information content (AvgIpc) is 3.08. The first-order valence-corrected chi connectivity index (χ1v) is 9.52. The van der Waals surface area contributed by atoms with Crippen LogP contribution in [0.4, 0.5) is 5.69 Å². The zero-order valence-electron chi connectivity index (χ0n) is 12.5. The highest BCUT2D eigenvalue weighted by molar-refractivity contribution is 14.1. The number of benzene rings is 1. The molecular weight excluding hydrogens is 423 g/mol. The van der Waals surface area contributed by atoms with Crippen molar-refractivity contribution in [2.45, 2.75) is 25.3 Å². The van der Waals surface area contributed by atoms with Gasteiger partial charge in [-0.1, -0.05) is 12.1 Å². The number of hydrogen-bond donors (Lipinski definition) is 1. The van der Waals surface area contributed by atoms with E-state index in [4.69, 9.17) is 0 Å². The zero-order chi connectivity index (χ0) is 16.2. The van der Waals surface area contributed by atoms with E-state index in [0.29, 0.717) is 17.8 Å². The van der Waals surface area contributed by atoms with Crippen LogP contribution in [0.5, 0.6) is 0 Å². The largest absolute Gasteiger partial charge is 0.326 e. The molecule has 1 aromatic heterocycles. The van der Waals surface area contributed by atoms with Gasteiger partial charge >= 0.3 is 0 Å². The number of thiophene rings is 1. The summed E-state index contributed by atoms with van der Waals surface area (Å²) in [6, 6.07) is 11.0. The van der Waals surface area contributed by atoms with Crippen LogP contribution in [0.1, 0.15) is 28.9 Å². The second-order valence-corrected chi connectivity index (χ2v) is 7.68. The number of nitrogens with zero attached hydrogens (tertiary/aromatic N) is 1. The normalized spacial score (nSPS) is 17.8. The highest BCUT2D eigenvalue weighted by Gasteiger charge is 2.33. The summed E-state index contributed by atoms with van der Waals surface area (Å²) < 4.78 is 1.07. The number of carbonyl (C=O) groups excluding carboxylic acids is 2. The van der Waals surface area contributed by atoms with E-state index in [1.165, 1.54) is 11.3 Å². The highest BCUT2D eigenvalue weighted by atomic mass is 127. The first kappa shape index (κ1) is 16.4. The third kappa shape index (κ3) is 3.92. The number of likely N-dealkylation sites (tertiary alicyclic amines) is 1. The van der Waals surface area contributed by atoms with Gasteiger partial charge < -0.3 is 10.2 Å². The van der Waals surface area contributed by atoms with Crippen LogP contribution in [-0.2, 0) is 4.79 Å². The van der Waals surface area contributed by atoms with E-state index in [1.54, 1.807) is 4.90 Å². The van der Waals surface area contributed by atoms with Crippen molar-refractivity contribution in [1.29, 1.82) is 0 Å². The molecule has 0 unspecified atom stereocenters. The number of halogens is 1. The first-order chi connectivity index (χ1) is 11.1. The van der Waals surface area contributed by atoms with Gasteiger partial charge in [-0.15, -0.1) is 11.3 Å². The third-order valence-corrected chi connectivity index (χ3v) is 5.42. The number of carbonyl (C=O) groups is 2. The third-order valence-electron chi connectivity index (χ3n) is 3.89. The molecule has 1 aliphatic heterocycles. The molecule has 4 nitrogen and oxygen atoms in total. The van der Waals surface area contributed by atoms with Crippen molar-refractivity contribution >= 4 is 51.4 Å². The Bertz CT molecular complexity index is 702. The van der Waals surface area contributed by atoms with E-state index in [2.05, 4.69) is 27.9 Å². The lowest BCUT2D eigenvalue weighted by Crippen LogP contribution is -2.49. The fourth-order valence-corrected chi connectivity index (χ4v) is 4.00. The Labute approximate surface area is 153 Å². The van der Waals surface area contributed by atoms with Crippen LogP contribution < -0.4 is 5.32 Å². The molecule has 1 aromatic carbocycles. The van der Waals surface area contributed by atoms with E-state index in [9.17, 15) is 9.59 Å². The van der Waals surface area contributed by atoms with Crippen molar-refractivity contribution in [3.05, 3.63) is 50.2 Å². The maximum absolute atomic E-state index is 12.7. The van der Waals surface area contributed by atoms with Crippen LogP contribution in [0.15, 0.2) is 41.8 Å². The number of amides is 2. The molecule has 0 aliphatic carbocycles. The van der Waals surface area contributed by atoms with Crippen molar-refractivity contribution in [1.82, 2.24) is 4.90 Å². The van der Waals surface area contributed by atoms with Gasteiger partial charge in [-0.05, 0) is 71.5 Å². The Morgan fingerprint density at radius 1 is 1.22 bits per heavy atom. The van der Waals surface area contributed by atoms with Gasteiger partial charge in [-0.3, -0.25) is 9.59 Å². The van der Waals surface area contributed by atoms with E-state index in [-0.39, 0.29) is 11.8 Å². The molecule has 1 fully saturated rings. The van der Waals surface area contributed by atoms with E-state index >= 15 is 0 Å². The summed E-state index contributed by atoms with van der Waals surface area (Å²) in [6.45, 7) is 0.640. The van der Waals surface area contributed by atoms with Crippen molar-refractivity contribution in [3.63, 3.8) is 0 Å². The van der Waals surface area contributed by atoms with Crippen molar-refractivity contribution in [3.8, 4) is 0 Å². The van der Waals surface area contributed by atoms with E-state index in [1.807, 2.05) is 41.8 Å². The van der Waals surface area contributed by atoms with Gasteiger partial charge in [0.2, 0.25) is 5.91 Å². The molecule has 1 aliphatic rings. The second kappa shape index (κ2) is 7.44. The number of piperidine rings is 1. The molecule has 6 heteroatoms. The highest BCUT2D eigenvalue weighted by Crippen LogP contribution is 2.23. The van der Waals surface area contributed by atoms with Crippen molar-refractivity contribution in [2.24, 2.45) is 0 Å². The maximum atomic E-state index is 12.7. The summed E-state index contributed by atoms with van der Waals surface area (Å²) in [5, 5.41) is 4.84. The average molecular weight is 440 g/mol. The molecular formula is C17H17IN2O2S. The van der Waals surface area contributed by atoms with E-state index in [0.717, 1.165) is 22.1 Å². The van der Waals surface area contributed by atoms with Gasteiger partial charge in [0.15, 0.2) is 0 Å². The molecule has 0 saturated carbocycles. The van der Waals surface area contributed by atoms with Crippen LogP contribution >= 0.6 is 33.9 Å². The predicted octanol–water partition coefficient (Wildman–Crippen LogP) is 3.99. The number of hydrogen-bond acceptors (Lipinski definition) is 3. The Morgan fingerprint density at radius 2 is 2.09 bits per heavy atom. The lowest BCUT2D eigenvalue weighted by molar-refractivity contribution is -0.121. The summed E-state index contributed by atoms with van der Waals surface area (Å²) in [7, 11) is 0. The SMILES string of the molecule is O=C(Nc1cccc(I)c1)[C@@H]1CCCCN1C(=O)c1cccs1. The van der Waals surface area contributed by atoms with Gasteiger partial charge in [-0.2, -0.15) is 0 Å². The minimum absolute atomic E-state index is 0.0394. The Balaban J connectivity index is 1.75. The monoisotopic (exact) mass is 440 g/mol. The lowest BCUT2D eigenvalue weighted by atomic mass is 10.0.